The van der Waals surface area contributed by atoms with E-state index in [2.05, 4.69) is 12.2 Å². The molecule has 5 nitrogen and oxygen atoms in total. The summed E-state index contributed by atoms with van der Waals surface area (Å²) >= 11 is 0. The van der Waals surface area contributed by atoms with E-state index in [0.717, 1.165) is 29.7 Å². The molecule has 2 aromatic carbocycles. The predicted molar refractivity (Wildman–Crippen MR) is 115 cm³/mol. The summed E-state index contributed by atoms with van der Waals surface area (Å²) in [6.07, 6.45) is 1.90. The summed E-state index contributed by atoms with van der Waals surface area (Å²) in [7, 11) is 1.62. The fraction of sp³-hybridized carbons (Fsp3) is 0.417. The highest BCUT2D eigenvalue weighted by Crippen LogP contribution is 2.26. The molecule has 1 N–H and O–H groups in total. The van der Waals surface area contributed by atoms with Crippen molar-refractivity contribution in [3.8, 4) is 5.75 Å². The van der Waals surface area contributed by atoms with Crippen LogP contribution in [0.15, 0.2) is 54.6 Å². The molecule has 2 rings (SSSR count). The summed E-state index contributed by atoms with van der Waals surface area (Å²) in [5.41, 5.74) is 1.76. The SMILES string of the molecule is CCCCNC(=O)[C@@H](c1ccccc1)N(Cc1ccc(OC)cc1)C(=O)C(C)C. The molecule has 2 aromatic rings. The number of methoxy groups -OCH3 is 1. The van der Waals surface area contributed by atoms with Crippen LogP contribution in [-0.2, 0) is 16.1 Å². The minimum atomic E-state index is -0.676. The Morgan fingerprint density at radius 3 is 2.24 bits per heavy atom. The van der Waals surface area contributed by atoms with Crippen LogP contribution in [-0.4, -0.2) is 30.4 Å². The Kier molecular flexibility index (Phi) is 8.71. The second kappa shape index (κ2) is 11.2. The topological polar surface area (TPSA) is 58.6 Å². The third-order valence-corrected chi connectivity index (χ3v) is 4.79. The number of carbonyl (C=O) groups is 2. The summed E-state index contributed by atoms with van der Waals surface area (Å²) in [4.78, 5) is 28.0. The van der Waals surface area contributed by atoms with Crippen molar-refractivity contribution in [3.63, 3.8) is 0 Å². The number of nitrogens with one attached hydrogen (secondary N) is 1. The van der Waals surface area contributed by atoms with Crippen LogP contribution in [0.5, 0.6) is 5.75 Å². The number of hydrogen-bond donors (Lipinski definition) is 1. The van der Waals surface area contributed by atoms with Crippen LogP contribution in [0.4, 0.5) is 0 Å². The standard InChI is InChI=1S/C24H32N2O3/c1-5-6-16-25-23(27)22(20-10-8-7-9-11-20)26(24(28)18(2)3)17-19-12-14-21(29-4)15-13-19/h7-15,18,22H,5-6,16-17H2,1-4H3,(H,25,27)/t22-/m1/s1. The van der Waals surface area contributed by atoms with Gasteiger partial charge in [0.15, 0.2) is 0 Å². The van der Waals surface area contributed by atoms with Gasteiger partial charge >= 0.3 is 0 Å². The van der Waals surface area contributed by atoms with Crippen molar-refractivity contribution in [2.45, 2.75) is 46.2 Å². The van der Waals surface area contributed by atoms with Gasteiger partial charge in [-0.2, -0.15) is 0 Å². The third kappa shape index (κ3) is 6.34. The fourth-order valence-electron chi connectivity index (χ4n) is 3.15. The lowest BCUT2D eigenvalue weighted by Crippen LogP contribution is -2.45. The molecule has 0 fully saturated rings. The third-order valence-electron chi connectivity index (χ3n) is 4.79. The smallest absolute Gasteiger partial charge is 0.247 e. The van der Waals surface area contributed by atoms with Gasteiger partial charge in [-0.1, -0.05) is 69.7 Å². The largest absolute Gasteiger partial charge is 0.497 e. The second-order valence-electron chi connectivity index (χ2n) is 7.43. The van der Waals surface area contributed by atoms with Gasteiger partial charge in [0.2, 0.25) is 11.8 Å². The zero-order valence-corrected chi connectivity index (χ0v) is 17.9. The first-order chi connectivity index (χ1) is 14.0. The van der Waals surface area contributed by atoms with Gasteiger partial charge in [-0.25, -0.2) is 0 Å². The molecule has 0 heterocycles. The molecule has 0 aliphatic heterocycles. The number of ether oxygens (including phenoxy) is 1. The summed E-state index contributed by atoms with van der Waals surface area (Å²) < 4.78 is 5.23. The molecule has 1 atom stereocenters. The predicted octanol–water partition coefficient (Wildman–Crippen LogP) is 4.34. The van der Waals surface area contributed by atoms with Crippen molar-refractivity contribution in [2.24, 2.45) is 5.92 Å². The van der Waals surface area contributed by atoms with Crippen LogP contribution < -0.4 is 10.1 Å². The Bertz CT molecular complexity index is 772. The Morgan fingerprint density at radius 2 is 1.69 bits per heavy atom. The molecule has 0 saturated carbocycles. The highest BCUT2D eigenvalue weighted by molar-refractivity contribution is 5.89. The number of benzene rings is 2. The first kappa shape index (κ1) is 22.5. The Labute approximate surface area is 174 Å². The van der Waals surface area contributed by atoms with Gasteiger partial charge in [-0.3, -0.25) is 9.59 Å². The maximum Gasteiger partial charge on any atom is 0.247 e. The minimum absolute atomic E-state index is 0.0553. The molecule has 0 unspecified atom stereocenters. The van der Waals surface area contributed by atoms with Crippen LogP contribution >= 0.6 is 0 Å². The summed E-state index contributed by atoms with van der Waals surface area (Å²) in [6.45, 7) is 6.76. The average Bonchev–Trinajstić information content (AvgIpc) is 2.74. The summed E-state index contributed by atoms with van der Waals surface area (Å²) in [6, 6.07) is 16.4. The molecule has 29 heavy (non-hydrogen) atoms. The molecule has 156 valence electrons. The minimum Gasteiger partial charge on any atom is -0.497 e. The molecule has 2 amide bonds. The lowest BCUT2D eigenvalue weighted by molar-refractivity contribution is -0.144. The van der Waals surface area contributed by atoms with E-state index in [0.29, 0.717) is 13.1 Å². The van der Waals surface area contributed by atoms with E-state index in [1.807, 2.05) is 68.4 Å². The Balaban J connectivity index is 2.39. The van der Waals surface area contributed by atoms with Crippen LogP contribution in [0, 0.1) is 5.92 Å². The molecule has 0 saturated heterocycles. The van der Waals surface area contributed by atoms with E-state index in [-0.39, 0.29) is 17.7 Å². The number of unbranched alkanes of at least 4 members (excludes halogenated alkanes) is 1. The Morgan fingerprint density at radius 1 is 1.03 bits per heavy atom. The monoisotopic (exact) mass is 396 g/mol. The maximum absolute atomic E-state index is 13.2. The summed E-state index contributed by atoms with van der Waals surface area (Å²) in [5, 5.41) is 3.01. The van der Waals surface area contributed by atoms with Gasteiger partial charge in [-0.15, -0.1) is 0 Å². The molecule has 0 aliphatic rings. The van der Waals surface area contributed by atoms with Crippen LogP contribution in [0.2, 0.25) is 0 Å². The van der Waals surface area contributed by atoms with Crippen LogP contribution in [0.25, 0.3) is 0 Å². The molecule has 0 aromatic heterocycles. The van der Waals surface area contributed by atoms with Crippen molar-refractivity contribution >= 4 is 11.8 Å². The van der Waals surface area contributed by atoms with Crippen molar-refractivity contribution in [2.75, 3.05) is 13.7 Å². The number of nitrogens with zero attached hydrogens (tertiary/aromatic N) is 1. The van der Waals surface area contributed by atoms with Gasteiger partial charge in [0.1, 0.15) is 11.8 Å². The van der Waals surface area contributed by atoms with Gasteiger partial charge in [0.05, 0.1) is 7.11 Å². The van der Waals surface area contributed by atoms with E-state index in [1.54, 1.807) is 12.0 Å². The highest BCUT2D eigenvalue weighted by Gasteiger charge is 2.32. The fourth-order valence-corrected chi connectivity index (χ4v) is 3.15. The number of rotatable bonds is 10. The average molecular weight is 397 g/mol. The van der Waals surface area contributed by atoms with E-state index in [1.165, 1.54) is 0 Å². The van der Waals surface area contributed by atoms with Gasteiger partial charge in [0.25, 0.3) is 0 Å². The van der Waals surface area contributed by atoms with Crippen molar-refractivity contribution in [1.29, 1.82) is 0 Å². The summed E-state index contributed by atoms with van der Waals surface area (Å²) in [5.74, 6) is 0.336. The van der Waals surface area contributed by atoms with Gasteiger partial charge in [0, 0.05) is 19.0 Å². The Hall–Kier alpha value is -2.82. The van der Waals surface area contributed by atoms with E-state index in [9.17, 15) is 9.59 Å². The van der Waals surface area contributed by atoms with Crippen molar-refractivity contribution in [1.82, 2.24) is 10.2 Å². The van der Waals surface area contributed by atoms with Crippen molar-refractivity contribution < 1.29 is 14.3 Å². The number of amides is 2. The molecule has 0 aliphatic carbocycles. The van der Waals surface area contributed by atoms with Crippen molar-refractivity contribution in [3.05, 3.63) is 65.7 Å². The molecular formula is C24H32N2O3. The molecule has 0 bridgehead atoms. The lowest BCUT2D eigenvalue weighted by Gasteiger charge is -2.33. The highest BCUT2D eigenvalue weighted by atomic mass is 16.5. The zero-order chi connectivity index (χ0) is 21.2. The van der Waals surface area contributed by atoms with E-state index < -0.39 is 6.04 Å². The first-order valence-electron chi connectivity index (χ1n) is 10.2. The lowest BCUT2D eigenvalue weighted by atomic mass is 10.0. The molecule has 5 heteroatoms. The van der Waals surface area contributed by atoms with E-state index in [4.69, 9.17) is 4.74 Å². The first-order valence-corrected chi connectivity index (χ1v) is 10.2. The molecule has 0 radical (unpaired) electrons. The second-order valence-corrected chi connectivity index (χ2v) is 7.43. The van der Waals surface area contributed by atoms with E-state index >= 15 is 0 Å². The number of hydrogen-bond acceptors (Lipinski definition) is 3. The normalized spacial score (nSPS) is 11.8. The maximum atomic E-state index is 13.2. The molecular weight excluding hydrogens is 364 g/mol. The molecule has 0 spiro atoms. The van der Waals surface area contributed by atoms with Crippen LogP contribution in [0.1, 0.15) is 50.8 Å². The van der Waals surface area contributed by atoms with Gasteiger partial charge in [-0.05, 0) is 29.7 Å². The number of carbonyl (C=O) groups excluding carboxylic acids is 2. The zero-order valence-electron chi connectivity index (χ0n) is 17.9. The quantitative estimate of drug-likeness (QED) is 0.608. The van der Waals surface area contributed by atoms with Gasteiger partial charge < -0.3 is 15.0 Å². The van der Waals surface area contributed by atoms with Crippen LogP contribution in [0.3, 0.4) is 0 Å².